The molecule has 0 atom stereocenters. The Labute approximate surface area is 45.2 Å². The van der Waals surface area contributed by atoms with E-state index in [1.54, 1.807) is 0 Å². The van der Waals surface area contributed by atoms with Crippen molar-refractivity contribution >= 4 is 19.9 Å². The molecule has 1 rings (SSSR count). The summed E-state index contributed by atoms with van der Waals surface area (Å²) in [6.07, 6.45) is 0. The predicted molar refractivity (Wildman–Crippen MR) is 32.2 cm³/mol. The third-order valence-electron chi connectivity index (χ3n) is 0.846. The van der Waals surface area contributed by atoms with Gasteiger partial charge < -0.3 is 0 Å². The highest BCUT2D eigenvalue weighted by atomic mass is 32.4. The van der Waals surface area contributed by atoms with Crippen LogP contribution in [0.4, 0.5) is 0 Å². The van der Waals surface area contributed by atoms with E-state index in [0.29, 0.717) is 4.75 Å². The van der Waals surface area contributed by atoms with Gasteiger partial charge in [-0.1, -0.05) is 13.8 Å². The summed E-state index contributed by atoms with van der Waals surface area (Å²) in [5.41, 5.74) is 0. The second-order valence-electron chi connectivity index (χ2n) is 2.18. The highest BCUT2D eigenvalue weighted by molar-refractivity contribution is 8.26. The molecule has 0 aromatic heterocycles. The molecule has 0 N–H and O–H groups in total. The minimum atomic E-state index is 0.651. The van der Waals surface area contributed by atoms with E-state index in [2.05, 4.69) is 25.1 Å². The van der Waals surface area contributed by atoms with Crippen molar-refractivity contribution in [1.29, 1.82) is 0 Å². The van der Waals surface area contributed by atoms with Crippen molar-refractivity contribution in [3.8, 4) is 0 Å². The van der Waals surface area contributed by atoms with Crippen LogP contribution in [0.3, 0.4) is 0 Å². The molecule has 0 unspecified atom stereocenters. The van der Waals surface area contributed by atoms with Crippen LogP contribution in [0.2, 0.25) is 6.04 Å². The predicted octanol–water partition coefficient (Wildman–Crippen LogP) is 1.55. The molecule has 6 heavy (non-hydrogen) atoms. The van der Waals surface area contributed by atoms with Crippen molar-refractivity contribution < 1.29 is 0 Å². The molecular formula is C4H8SSi. The SMILES string of the molecule is CC1(C)C[Si]S1. The van der Waals surface area contributed by atoms with Crippen molar-refractivity contribution in [2.45, 2.75) is 24.6 Å². The molecule has 0 aromatic carbocycles. The zero-order chi connectivity index (χ0) is 4.62. The fourth-order valence-corrected chi connectivity index (χ4v) is 3.25. The average Bonchev–Trinajstić information content (AvgIpc) is 1.32. The summed E-state index contributed by atoms with van der Waals surface area (Å²) in [6, 6.07) is 1.44. The first-order valence-electron chi connectivity index (χ1n) is 2.12. The van der Waals surface area contributed by atoms with Crippen molar-refractivity contribution in [2.24, 2.45) is 0 Å². The van der Waals surface area contributed by atoms with Gasteiger partial charge >= 0.3 is 0 Å². The molecule has 1 aliphatic rings. The normalized spacial score (nSPS) is 29.0. The lowest BCUT2D eigenvalue weighted by atomic mass is 10.2. The quantitative estimate of drug-likeness (QED) is 0.433. The standard InChI is InChI=1S/C4H8SSi/c1-4(2)3-6-5-4/h3H2,1-2H3. The molecule has 0 nitrogen and oxygen atoms in total. The van der Waals surface area contributed by atoms with E-state index in [1.165, 1.54) is 14.7 Å². The summed E-state index contributed by atoms with van der Waals surface area (Å²) in [5, 5.41) is 0. The lowest BCUT2D eigenvalue weighted by Crippen LogP contribution is -2.27. The van der Waals surface area contributed by atoms with Gasteiger partial charge in [-0.25, -0.2) is 0 Å². The van der Waals surface area contributed by atoms with Gasteiger partial charge in [-0.3, -0.25) is 0 Å². The minimum absolute atomic E-state index is 0.651. The van der Waals surface area contributed by atoms with Crippen LogP contribution in [-0.2, 0) is 0 Å². The van der Waals surface area contributed by atoms with Crippen LogP contribution in [0.1, 0.15) is 13.8 Å². The van der Waals surface area contributed by atoms with Gasteiger partial charge in [0.25, 0.3) is 0 Å². The summed E-state index contributed by atoms with van der Waals surface area (Å²) in [4.78, 5) is 0. The van der Waals surface area contributed by atoms with Crippen LogP contribution in [0, 0.1) is 0 Å². The minimum Gasteiger partial charge on any atom is -0.184 e. The van der Waals surface area contributed by atoms with E-state index >= 15 is 0 Å². The molecule has 1 heterocycles. The average molecular weight is 116 g/mol. The maximum absolute atomic E-state index is 2.30. The summed E-state index contributed by atoms with van der Waals surface area (Å²) in [7, 11) is 1.19. The Bertz CT molecular complexity index is 54.6. The zero-order valence-corrected chi connectivity index (χ0v) is 5.93. The molecular weight excluding hydrogens is 108 g/mol. The summed E-state index contributed by atoms with van der Waals surface area (Å²) in [5.74, 6) is 0. The summed E-state index contributed by atoms with van der Waals surface area (Å²) >= 11 is 2.09. The van der Waals surface area contributed by atoms with Crippen molar-refractivity contribution in [1.82, 2.24) is 0 Å². The lowest BCUT2D eigenvalue weighted by molar-refractivity contribution is 0.789. The number of rotatable bonds is 0. The molecule has 1 fully saturated rings. The van der Waals surface area contributed by atoms with Crippen LogP contribution < -0.4 is 0 Å². The van der Waals surface area contributed by atoms with Gasteiger partial charge in [0.05, 0.1) is 0 Å². The monoisotopic (exact) mass is 116 g/mol. The van der Waals surface area contributed by atoms with Crippen LogP contribution in [0.15, 0.2) is 0 Å². The first kappa shape index (κ1) is 4.72. The number of hydrogen-bond acceptors (Lipinski definition) is 1. The van der Waals surface area contributed by atoms with Gasteiger partial charge in [-0.15, -0.1) is 0 Å². The molecule has 0 bridgehead atoms. The van der Waals surface area contributed by atoms with Crippen LogP contribution in [0.5, 0.6) is 0 Å². The maximum atomic E-state index is 2.30. The Morgan fingerprint density at radius 2 is 2.00 bits per heavy atom. The Morgan fingerprint density at radius 1 is 1.67 bits per heavy atom. The molecule has 0 aromatic rings. The lowest BCUT2D eigenvalue weighted by Gasteiger charge is -2.32. The fourth-order valence-electron chi connectivity index (χ4n) is 0.361. The smallest absolute Gasteiger partial charge is 0.125 e. The highest BCUT2D eigenvalue weighted by Gasteiger charge is 2.26. The second-order valence-corrected chi connectivity index (χ2v) is 5.61. The third-order valence-corrected chi connectivity index (χ3v) is 5.50. The molecule has 0 spiro atoms. The van der Waals surface area contributed by atoms with E-state index in [1.807, 2.05) is 0 Å². The first-order valence-corrected chi connectivity index (χ1v) is 4.86. The van der Waals surface area contributed by atoms with Gasteiger partial charge in [0.2, 0.25) is 0 Å². The molecule has 0 amide bonds. The fraction of sp³-hybridized carbons (Fsp3) is 1.00. The third kappa shape index (κ3) is 0.792. The van der Waals surface area contributed by atoms with Gasteiger partial charge in [0.1, 0.15) is 8.67 Å². The van der Waals surface area contributed by atoms with E-state index < -0.39 is 0 Å². The summed E-state index contributed by atoms with van der Waals surface area (Å²) in [6.45, 7) is 4.60. The molecule has 2 radical (unpaired) electrons. The summed E-state index contributed by atoms with van der Waals surface area (Å²) < 4.78 is 0.651. The Balaban J connectivity index is 2.31. The molecule has 1 saturated heterocycles. The highest BCUT2D eigenvalue weighted by Crippen LogP contribution is 2.37. The van der Waals surface area contributed by atoms with Crippen molar-refractivity contribution in [2.75, 3.05) is 0 Å². The number of hydrogen-bond donors (Lipinski definition) is 0. The Hall–Kier alpha value is 0.567. The van der Waals surface area contributed by atoms with E-state index in [9.17, 15) is 0 Å². The van der Waals surface area contributed by atoms with Crippen LogP contribution >= 0.6 is 11.2 Å². The molecule has 1 aliphatic heterocycles. The zero-order valence-electron chi connectivity index (χ0n) is 4.12. The second kappa shape index (κ2) is 1.27. The largest absolute Gasteiger partial charge is 0.184 e. The topological polar surface area (TPSA) is 0 Å². The Morgan fingerprint density at radius 3 is 2.00 bits per heavy atom. The van der Waals surface area contributed by atoms with E-state index in [4.69, 9.17) is 0 Å². The van der Waals surface area contributed by atoms with Gasteiger partial charge in [0, 0.05) is 4.75 Å². The van der Waals surface area contributed by atoms with Crippen molar-refractivity contribution in [3.05, 3.63) is 0 Å². The molecule has 0 saturated carbocycles. The van der Waals surface area contributed by atoms with E-state index in [0.717, 1.165) is 0 Å². The van der Waals surface area contributed by atoms with Gasteiger partial charge in [0.15, 0.2) is 0 Å². The molecule has 0 aliphatic carbocycles. The van der Waals surface area contributed by atoms with Crippen molar-refractivity contribution in [3.63, 3.8) is 0 Å². The maximum Gasteiger partial charge on any atom is 0.125 e. The van der Waals surface area contributed by atoms with Gasteiger partial charge in [-0.2, -0.15) is 11.2 Å². The Kier molecular flexibility index (Phi) is 0.998. The molecule has 34 valence electrons. The van der Waals surface area contributed by atoms with E-state index in [-0.39, 0.29) is 0 Å². The van der Waals surface area contributed by atoms with Crippen LogP contribution in [0.25, 0.3) is 0 Å². The first-order chi connectivity index (χ1) is 2.71. The molecule has 2 heteroatoms. The van der Waals surface area contributed by atoms with Gasteiger partial charge in [-0.05, 0) is 6.04 Å². The van der Waals surface area contributed by atoms with Crippen LogP contribution in [-0.4, -0.2) is 13.4 Å².